The maximum absolute atomic E-state index is 14.1. The SMILES string of the molecule is C=C1C(C)C[C@@H]2CC[C@@H]3OC(CC[C@@]45CC6O[C@H]7C(O4)[C@H]4O[C@H](CCC4O[C@H]7[C@H]6O5)CC(=O)CC4[C@H](CC1O2)O[C@H](CCC[N+](=O)[O-])[C@@H]4OC)CC3=C. The molecule has 0 radical (unpaired) electrons. The predicted octanol–water partition coefficient (Wildman–Crippen LogP) is 4.79. The second kappa shape index (κ2) is 14.6. The molecule has 0 aromatic heterocycles. The summed E-state index contributed by atoms with van der Waals surface area (Å²) in [7, 11) is 1.64. The van der Waals surface area contributed by atoms with Gasteiger partial charge in [-0.1, -0.05) is 20.1 Å². The third-order valence-electron chi connectivity index (χ3n) is 14.0. The Morgan fingerprint density at radius 3 is 2.38 bits per heavy atom. The van der Waals surface area contributed by atoms with Crippen LogP contribution < -0.4 is 0 Å². The van der Waals surface area contributed by atoms with E-state index >= 15 is 0 Å². The molecule has 18 atom stereocenters. The summed E-state index contributed by atoms with van der Waals surface area (Å²) >= 11 is 0. The smallest absolute Gasteiger partial charge is 0.204 e. The number of hydrogen-bond acceptors (Lipinski definition) is 12. The number of methoxy groups -OCH3 is 1. The lowest BCUT2D eigenvalue weighted by Gasteiger charge is -2.47. The first kappa shape index (κ1) is 36.8. The van der Waals surface area contributed by atoms with Gasteiger partial charge in [0.05, 0.1) is 61.0 Å². The summed E-state index contributed by atoms with van der Waals surface area (Å²) in [5.41, 5.74) is 2.17. The number of hydrogen-bond donors (Lipinski definition) is 0. The summed E-state index contributed by atoms with van der Waals surface area (Å²) in [4.78, 5) is 24.9. The molecule has 0 aromatic rings. The van der Waals surface area contributed by atoms with Crippen molar-refractivity contribution in [3.05, 3.63) is 34.4 Å². The minimum absolute atomic E-state index is 0.0276. The Hall–Kier alpha value is -1.81. The van der Waals surface area contributed by atoms with Crippen molar-refractivity contribution in [3.8, 4) is 0 Å². The monoisotopic (exact) mass is 743 g/mol. The molecule has 10 saturated heterocycles. The van der Waals surface area contributed by atoms with Crippen molar-refractivity contribution < 1.29 is 52.3 Å². The van der Waals surface area contributed by atoms with E-state index in [1.54, 1.807) is 7.11 Å². The van der Waals surface area contributed by atoms with Crippen LogP contribution in [0.2, 0.25) is 0 Å². The van der Waals surface area contributed by atoms with E-state index in [-0.39, 0.29) is 133 Å². The topological polar surface area (TPSA) is 143 Å². The van der Waals surface area contributed by atoms with E-state index in [4.69, 9.17) is 42.6 Å². The van der Waals surface area contributed by atoms with Gasteiger partial charge in [0.25, 0.3) is 0 Å². The van der Waals surface area contributed by atoms with Crippen LogP contribution in [0.5, 0.6) is 0 Å². The number of carbonyl (C=O) groups excluding carboxylic acids is 1. The van der Waals surface area contributed by atoms with Gasteiger partial charge in [0.1, 0.15) is 36.3 Å². The fraction of sp³-hybridized carbons (Fsp3) is 0.875. The van der Waals surface area contributed by atoms with E-state index in [9.17, 15) is 14.9 Å². The highest BCUT2D eigenvalue weighted by Crippen LogP contribution is 2.54. The molecule has 10 fully saturated rings. The average Bonchev–Trinajstić information content (AvgIpc) is 3.80. The number of rotatable bonds is 5. The molecule has 0 aliphatic carbocycles. The molecule has 0 saturated carbocycles. The third-order valence-corrected chi connectivity index (χ3v) is 14.0. The second-order valence-electron chi connectivity index (χ2n) is 17.5. The molecule has 10 heterocycles. The van der Waals surface area contributed by atoms with Gasteiger partial charge in [-0.25, -0.2) is 0 Å². The van der Waals surface area contributed by atoms with Crippen LogP contribution in [0, 0.1) is 22.0 Å². The van der Waals surface area contributed by atoms with Gasteiger partial charge in [-0.05, 0) is 68.4 Å². The number of ether oxygens (including phenoxy) is 9. The van der Waals surface area contributed by atoms with Crippen LogP contribution in [0.4, 0.5) is 0 Å². The standard InChI is InChI=1S/C40H57NO12/c1-20-14-24-7-9-28-21(2)15-26(46-28)11-12-40-19-33-36(52-40)37-38(51-33)39(53-40)35-30(50-37)10-8-25(48-35)16-23(42)17-27-32(18-31(47-24)22(20)3)49-29(34(27)45-4)6-5-13-41(43)44/h20,24-39H,2-3,5-19H2,1,4H3/t20?,24-,25+,26?,27?,28-,29+,30?,31?,32-,33?,34+,35-,36-,37-,38+,39?,40-/m0/s1. The normalized spacial score (nSPS) is 50.9. The van der Waals surface area contributed by atoms with Crippen LogP contribution in [0.25, 0.3) is 0 Å². The quantitative estimate of drug-likeness (QED) is 0.217. The first-order chi connectivity index (χ1) is 25.6. The van der Waals surface area contributed by atoms with Crippen molar-refractivity contribution in [3.63, 3.8) is 0 Å². The largest absolute Gasteiger partial charge is 0.378 e. The summed E-state index contributed by atoms with van der Waals surface area (Å²) in [6.45, 7) is 11.0. The first-order valence-electron chi connectivity index (χ1n) is 20.4. The second-order valence-corrected chi connectivity index (χ2v) is 17.5. The fourth-order valence-corrected chi connectivity index (χ4v) is 11.4. The zero-order valence-corrected chi connectivity index (χ0v) is 31.2. The molecule has 7 unspecified atom stereocenters. The lowest BCUT2D eigenvalue weighted by atomic mass is 9.81. The van der Waals surface area contributed by atoms with Gasteiger partial charge in [-0.15, -0.1) is 0 Å². The summed E-state index contributed by atoms with van der Waals surface area (Å²) in [6.07, 6.45) is 5.78. The molecule has 0 N–H and O–H groups in total. The Morgan fingerprint density at radius 2 is 1.55 bits per heavy atom. The molecule has 0 aromatic carbocycles. The maximum atomic E-state index is 14.1. The van der Waals surface area contributed by atoms with Crippen molar-refractivity contribution >= 4 is 5.78 Å². The van der Waals surface area contributed by atoms with Gasteiger partial charge in [0, 0.05) is 56.5 Å². The van der Waals surface area contributed by atoms with Crippen LogP contribution in [-0.2, 0) is 47.4 Å². The summed E-state index contributed by atoms with van der Waals surface area (Å²) in [6, 6.07) is 0. The molecule has 13 nitrogen and oxygen atoms in total. The Kier molecular flexibility index (Phi) is 10.1. The molecule has 10 aliphatic heterocycles. The number of ketones is 1. The predicted molar refractivity (Wildman–Crippen MR) is 188 cm³/mol. The Labute approximate surface area is 311 Å². The van der Waals surface area contributed by atoms with E-state index in [1.807, 2.05) is 0 Å². The number of Topliss-reactive ketones (excluding diaryl/α,β-unsaturated/α-hetero) is 1. The van der Waals surface area contributed by atoms with Gasteiger partial charge in [0.2, 0.25) is 6.54 Å². The van der Waals surface area contributed by atoms with Crippen LogP contribution >= 0.6 is 0 Å². The van der Waals surface area contributed by atoms with Crippen molar-refractivity contribution in [1.82, 2.24) is 0 Å². The molecule has 10 aliphatic rings. The van der Waals surface area contributed by atoms with Crippen LogP contribution in [-0.4, -0.2) is 122 Å². The van der Waals surface area contributed by atoms with Crippen LogP contribution in [0.1, 0.15) is 96.8 Å². The summed E-state index contributed by atoms with van der Waals surface area (Å²) in [5, 5.41) is 11.2. The van der Waals surface area contributed by atoms with Gasteiger partial charge in [0.15, 0.2) is 5.79 Å². The summed E-state index contributed by atoms with van der Waals surface area (Å²) < 4.78 is 60.0. The molecule has 12 bridgehead atoms. The Bertz CT molecular complexity index is 1440. The van der Waals surface area contributed by atoms with Gasteiger partial charge in [-0.2, -0.15) is 0 Å². The van der Waals surface area contributed by atoms with Crippen LogP contribution in [0.3, 0.4) is 0 Å². The molecule has 10 rings (SSSR count). The van der Waals surface area contributed by atoms with Crippen molar-refractivity contribution in [2.24, 2.45) is 11.8 Å². The maximum Gasteiger partial charge on any atom is 0.204 e. The lowest BCUT2D eigenvalue weighted by molar-refractivity contribution is -0.480. The molecule has 53 heavy (non-hydrogen) atoms. The average molecular weight is 744 g/mol. The van der Waals surface area contributed by atoms with Gasteiger partial charge < -0.3 is 42.6 Å². The van der Waals surface area contributed by atoms with E-state index in [1.165, 1.54) is 0 Å². The zero-order chi connectivity index (χ0) is 36.6. The lowest BCUT2D eigenvalue weighted by Crippen LogP contribution is -2.61. The molecular formula is C40H57NO12. The zero-order valence-electron chi connectivity index (χ0n) is 31.2. The van der Waals surface area contributed by atoms with Crippen molar-refractivity contribution in [2.75, 3.05) is 13.7 Å². The first-order valence-corrected chi connectivity index (χ1v) is 20.4. The van der Waals surface area contributed by atoms with E-state index < -0.39 is 5.79 Å². The minimum Gasteiger partial charge on any atom is -0.378 e. The highest BCUT2D eigenvalue weighted by molar-refractivity contribution is 5.79. The highest BCUT2D eigenvalue weighted by Gasteiger charge is 2.68. The Balaban J connectivity index is 0.984. The fourth-order valence-electron chi connectivity index (χ4n) is 11.4. The van der Waals surface area contributed by atoms with E-state index in [0.29, 0.717) is 38.5 Å². The number of carbonyl (C=O) groups is 1. The third kappa shape index (κ3) is 6.98. The van der Waals surface area contributed by atoms with Gasteiger partial charge >= 0.3 is 0 Å². The molecular weight excluding hydrogens is 686 g/mol. The van der Waals surface area contributed by atoms with Gasteiger partial charge in [-0.3, -0.25) is 14.9 Å². The molecule has 294 valence electrons. The summed E-state index contributed by atoms with van der Waals surface area (Å²) in [5.74, 6) is -0.680. The Morgan fingerprint density at radius 1 is 0.792 bits per heavy atom. The number of fused-ring (bicyclic) bond motifs is 6. The van der Waals surface area contributed by atoms with E-state index in [0.717, 1.165) is 49.7 Å². The molecule has 13 heteroatoms. The van der Waals surface area contributed by atoms with E-state index in [2.05, 4.69) is 20.1 Å². The van der Waals surface area contributed by atoms with Crippen molar-refractivity contribution in [1.29, 1.82) is 0 Å². The highest BCUT2D eigenvalue weighted by atomic mass is 16.8. The van der Waals surface area contributed by atoms with Crippen LogP contribution in [0.15, 0.2) is 24.3 Å². The number of nitrogens with zero attached hydrogens (tertiary/aromatic N) is 1. The number of nitro groups is 1. The molecule has 0 amide bonds. The molecule has 1 spiro atoms. The minimum atomic E-state index is -0.792. The van der Waals surface area contributed by atoms with Crippen molar-refractivity contribution in [2.45, 2.75) is 194 Å².